The SMILES string of the molecule is O=C(NCc1ccccn1)c1ccc(-c2ccc3c(c2)OCO3)s1. The van der Waals surface area contributed by atoms with Gasteiger partial charge in [0.05, 0.1) is 17.1 Å². The first-order chi connectivity index (χ1) is 11.8. The highest BCUT2D eigenvalue weighted by Gasteiger charge is 2.16. The lowest BCUT2D eigenvalue weighted by molar-refractivity contribution is 0.0954. The zero-order valence-corrected chi connectivity index (χ0v) is 13.5. The van der Waals surface area contributed by atoms with E-state index >= 15 is 0 Å². The summed E-state index contributed by atoms with van der Waals surface area (Å²) in [6, 6.07) is 15.2. The molecule has 3 aromatic rings. The second kappa shape index (κ2) is 6.33. The van der Waals surface area contributed by atoms with Crippen LogP contribution in [0.1, 0.15) is 15.4 Å². The lowest BCUT2D eigenvalue weighted by Gasteiger charge is -2.03. The normalized spacial score (nSPS) is 12.2. The van der Waals surface area contributed by atoms with E-state index in [0.29, 0.717) is 11.4 Å². The van der Waals surface area contributed by atoms with Gasteiger partial charge in [-0.05, 0) is 48.0 Å². The molecule has 0 radical (unpaired) electrons. The number of nitrogens with one attached hydrogen (secondary N) is 1. The van der Waals surface area contributed by atoms with Crippen LogP contribution in [0.15, 0.2) is 54.7 Å². The Balaban J connectivity index is 1.47. The number of aromatic nitrogens is 1. The van der Waals surface area contributed by atoms with Crippen molar-refractivity contribution >= 4 is 17.2 Å². The van der Waals surface area contributed by atoms with Crippen molar-refractivity contribution in [1.82, 2.24) is 10.3 Å². The quantitative estimate of drug-likeness (QED) is 0.791. The minimum absolute atomic E-state index is 0.0994. The van der Waals surface area contributed by atoms with E-state index in [1.54, 1.807) is 6.20 Å². The van der Waals surface area contributed by atoms with Crippen molar-refractivity contribution in [1.29, 1.82) is 0 Å². The van der Waals surface area contributed by atoms with E-state index in [1.807, 2.05) is 48.5 Å². The molecule has 1 aromatic carbocycles. The second-order valence-electron chi connectivity index (χ2n) is 5.24. The molecule has 0 aliphatic carbocycles. The molecule has 120 valence electrons. The number of benzene rings is 1. The molecule has 6 heteroatoms. The molecule has 24 heavy (non-hydrogen) atoms. The molecule has 2 aromatic heterocycles. The molecule has 0 atom stereocenters. The summed E-state index contributed by atoms with van der Waals surface area (Å²) in [5.74, 6) is 1.39. The first-order valence-electron chi connectivity index (χ1n) is 7.47. The van der Waals surface area contributed by atoms with E-state index in [4.69, 9.17) is 9.47 Å². The number of pyridine rings is 1. The van der Waals surface area contributed by atoms with Crippen LogP contribution in [0, 0.1) is 0 Å². The van der Waals surface area contributed by atoms with Crippen molar-refractivity contribution in [2.24, 2.45) is 0 Å². The summed E-state index contributed by atoms with van der Waals surface area (Å²) in [5, 5.41) is 2.89. The first-order valence-corrected chi connectivity index (χ1v) is 8.29. The van der Waals surface area contributed by atoms with Crippen molar-refractivity contribution in [3.05, 3.63) is 65.3 Å². The first kappa shape index (κ1) is 14.7. The molecule has 3 heterocycles. The Morgan fingerprint density at radius 2 is 2.04 bits per heavy atom. The maximum absolute atomic E-state index is 12.3. The summed E-state index contributed by atoms with van der Waals surface area (Å²) in [4.78, 5) is 18.1. The van der Waals surface area contributed by atoms with Crippen LogP contribution in [0.4, 0.5) is 0 Å². The van der Waals surface area contributed by atoms with Crippen LogP contribution in [-0.4, -0.2) is 17.7 Å². The molecule has 0 saturated carbocycles. The van der Waals surface area contributed by atoms with Crippen molar-refractivity contribution in [3.8, 4) is 21.9 Å². The monoisotopic (exact) mass is 338 g/mol. The highest BCUT2D eigenvalue weighted by atomic mass is 32.1. The van der Waals surface area contributed by atoms with E-state index in [0.717, 1.165) is 27.6 Å². The highest BCUT2D eigenvalue weighted by Crippen LogP contribution is 2.37. The van der Waals surface area contributed by atoms with Crippen LogP contribution in [0.2, 0.25) is 0 Å². The van der Waals surface area contributed by atoms with Gasteiger partial charge in [-0.25, -0.2) is 0 Å². The van der Waals surface area contributed by atoms with Crippen LogP contribution in [-0.2, 0) is 6.54 Å². The lowest BCUT2D eigenvalue weighted by atomic mass is 10.1. The number of rotatable bonds is 4. The molecule has 0 unspecified atom stereocenters. The van der Waals surface area contributed by atoms with Crippen molar-refractivity contribution in [2.45, 2.75) is 6.54 Å². The molecular formula is C18H14N2O3S. The fourth-order valence-electron chi connectivity index (χ4n) is 2.43. The maximum Gasteiger partial charge on any atom is 0.261 e. The lowest BCUT2D eigenvalue weighted by Crippen LogP contribution is -2.22. The fourth-order valence-corrected chi connectivity index (χ4v) is 3.34. The van der Waals surface area contributed by atoms with Crippen molar-refractivity contribution < 1.29 is 14.3 Å². The van der Waals surface area contributed by atoms with Crippen LogP contribution in [0.25, 0.3) is 10.4 Å². The van der Waals surface area contributed by atoms with Crippen molar-refractivity contribution in [2.75, 3.05) is 6.79 Å². The Hall–Kier alpha value is -2.86. The van der Waals surface area contributed by atoms with Gasteiger partial charge in [0.2, 0.25) is 6.79 Å². The largest absolute Gasteiger partial charge is 0.454 e. The van der Waals surface area contributed by atoms with E-state index < -0.39 is 0 Å². The van der Waals surface area contributed by atoms with E-state index in [-0.39, 0.29) is 12.7 Å². The molecule has 0 saturated heterocycles. The van der Waals surface area contributed by atoms with Gasteiger partial charge in [0.1, 0.15) is 0 Å². The standard InChI is InChI=1S/C18H14N2O3S/c21-18(20-10-13-3-1-2-8-19-13)17-7-6-16(24-17)12-4-5-14-15(9-12)23-11-22-14/h1-9H,10-11H2,(H,20,21). The number of thiophene rings is 1. The smallest absolute Gasteiger partial charge is 0.261 e. The molecule has 1 N–H and O–H groups in total. The molecule has 1 aliphatic rings. The number of fused-ring (bicyclic) bond motifs is 1. The molecule has 0 bridgehead atoms. The molecule has 1 amide bonds. The van der Waals surface area contributed by atoms with Crippen LogP contribution < -0.4 is 14.8 Å². The van der Waals surface area contributed by atoms with Crippen LogP contribution in [0.5, 0.6) is 11.5 Å². The predicted octanol–water partition coefficient (Wildman–Crippen LogP) is 3.47. The molecule has 0 fully saturated rings. The summed E-state index contributed by atoms with van der Waals surface area (Å²) in [6.07, 6.45) is 1.71. The van der Waals surface area contributed by atoms with Crippen LogP contribution >= 0.6 is 11.3 Å². The van der Waals surface area contributed by atoms with Gasteiger partial charge < -0.3 is 14.8 Å². The minimum Gasteiger partial charge on any atom is -0.454 e. The topological polar surface area (TPSA) is 60.5 Å². The minimum atomic E-state index is -0.0994. The Bertz CT molecular complexity index is 877. The van der Waals surface area contributed by atoms with E-state index in [9.17, 15) is 4.79 Å². The highest BCUT2D eigenvalue weighted by molar-refractivity contribution is 7.17. The number of hydrogen-bond acceptors (Lipinski definition) is 5. The number of nitrogens with zero attached hydrogens (tertiary/aromatic N) is 1. The molecular weight excluding hydrogens is 324 g/mol. The van der Waals surface area contributed by atoms with Gasteiger partial charge in [0.15, 0.2) is 11.5 Å². The zero-order valence-electron chi connectivity index (χ0n) is 12.7. The van der Waals surface area contributed by atoms with Gasteiger partial charge in [0.25, 0.3) is 5.91 Å². The zero-order chi connectivity index (χ0) is 16.4. The third kappa shape index (κ3) is 2.96. The Kier molecular flexibility index (Phi) is 3.88. The second-order valence-corrected chi connectivity index (χ2v) is 6.32. The summed E-state index contributed by atoms with van der Waals surface area (Å²) in [7, 11) is 0. The maximum atomic E-state index is 12.3. The predicted molar refractivity (Wildman–Crippen MR) is 91.3 cm³/mol. The Labute approximate surface area is 142 Å². The number of carbonyl (C=O) groups excluding carboxylic acids is 1. The van der Waals surface area contributed by atoms with Gasteiger partial charge in [-0.1, -0.05) is 6.07 Å². The summed E-state index contributed by atoms with van der Waals surface area (Å²) < 4.78 is 10.7. The van der Waals surface area contributed by atoms with Gasteiger partial charge >= 0.3 is 0 Å². The van der Waals surface area contributed by atoms with Crippen LogP contribution in [0.3, 0.4) is 0 Å². The van der Waals surface area contributed by atoms with Gasteiger partial charge in [0, 0.05) is 11.1 Å². The molecule has 0 spiro atoms. The third-order valence-electron chi connectivity index (χ3n) is 3.64. The van der Waals surface area contributed by atoms with Gasteiger partial charge in [-0.3, -0.25) is 9.78 Å². The average Bonchev–Trinajstić information content (AvgIpc) is 3.29. The summed E-state index contributed by atoms with van der Waals surface area (Å²) in [6.45, 7) is 0.668. The number of carbonyl (C=O) groups is 1. The van der Waals surface area contributed by atoms with E-state index in [1.165, 1.54) is 11.3 Å². The van der Waals surface area contributed by atoms with Gasteiger partial charge in [-0.15, -0.1) is 11.3 Å². The van der Waals surface area contributed by atoms with Crippen molar-refractivity contribution in [3.63, 3.8) is 0 Å². The molecule has 5 nitrogen and oxygen atoms in total. The summed E-state index contributed by atoms with van der Waals surface area (Å²) >= 11 is 1.45. The summed E-state index contributed by atoms with van der Waals surface area (Å²) in [5.41, 5.74) is 1.84. The number of ether oxygens (including phenoxy) is 2. The third-order valence-corrected chi connectivity index (χ3v) is 4.78. The molecule has 4 rings (SSSR count). The molecule has 1 aliphatic heterocycles. The number of amides is 1. The number of hydrogen-bond donors (Lipinski definition) is 1. The van der Waals surface area contributed by atoms with Gasteiger partial charge in [-0.2, -0.15) is 0 Å². The van der Waals surface area contributed by atoms with E-state index in [2.05, 4.69) is 10.3 Å². The fraction of sp³-hybridized carbons (Fsp3) is 0.111. The Morgan fingerprint density at radius 3 is 2.92 bits per heavy atom. The Morgan fingerprint density at radius 1 is 1.12 bits per heavy atom. The average molecular weight is 338 g/mol.